The number of hydrogen-bond donors (Lipinski definition) is 0. The minimum atomic E-state index is 0.0000365. The Bertz CT molecular complexity index is 1900. The van der Waals surface area contributed by atoms with Gasteiger partial charge in [0.05, 0.1) is 0 Å². The molecule has 4 aromatic carbocycles. The zero-order chi connectivity index (χ0) is 26.2. The molecule has 1 aliphatic carbocycles. The van der Waals surface area contributed by atoms with E-state index in [-0.39, 0.29) is 23.4 Å². The lowest BCUT2D eigenvalue weighted by Gasteiger charge is -2.38. The van der Waals surface area contributed by atoms with Crippen molar-refractivity contribution in [1.82, 2.24) is 0 Å². The Kier molecular flexibility index (Phi) is 4.30. The van der Waals surface area contributed by atoms with Gasteiger partial charge in [0.2, 0.25) is 6.71 Å². The van der Waals surface area contributed by atoms with E-state index in [9.17, 15) is 0 Å². The first-order valence-electron chi connectivity index (χ1n) is 14.2. The summed E-state index contributed by atoms with van der Waals surface area (Å²) in [5.41, 5.74) is 11.1. The highest BCUT2D eigenvalue weighted by molar-refractivity contribution is 8.02. The fraction of sp³-hybridized carbons (Fsp3) is 0.294. The van der Waals surface area contributed by atoms with E-state index in [1.165, 1.54) is 49.9 Å². The Morgan fingerprint density at radius 1 is 0.897 bits per heavy atom. The lowest BCUT2D eigenvalue weighted by atomic mass is 9.35. The number of thioether (sulfide) groups is 1. The normalized spacial score (nSPS) is 20.3. The van der Waals surface area contributed by atoms with E-state index in [1.807, 2.05) is 11.8 Å². The van der Waals surface area contributed by atoms with Crippen LogP contribution in [0.5, 0.6) is 17.2 Å². The lowest BCUT2D eigenvalue weighted by molar-refractivity contribution is 0.218. The number of furan rings is 1. The molecule has 3 nitrogen and oxygen atoms in total. The Morgan fingerprint density at radius 3 is 2.59 bits per heavy atom. The van der Waals surface area contributed by atoms with E-state index in [0.717, 1.165) is 52.2 Å². The molecule has 0 fully saturated rings. The first kappa shape index (κ1) is 22.5. The smallest absolute Gasteiger partial charge is 0.242 e. The van der Waals surface area contributed by atoms with Crippen LogP contribution in [0.4, 0.5) is 0 Å². The van der Waals surface area contributed by atoms with Crippen molar-refractivity contribution in [3.63, 3.8) is 0 Å². The summed E-state index contributed by atoms with van der Waals surface area (Å²) >= 11 is 1.96. The number of ether oxygens (including phenoxy) is 2. The van der Waals surface area contributed by atoms with Crippen molar-refractivity contribution in [2.75, 3.05) is 0 Å². The number of hydrogen-bond acceptors (Lipinski definition) is 4. The zero-order valence-corrected chi connectivity index (χ0v) is 23.5. The van der Waals surface area contributed by atoms with E-state index in [1.54, 1.807) is 0 Å². The van der Waals surface area contributed by atoms with Gasteiger partial charge in [-0.3, -0.25) is 0 Å². The number of benzene rings is 4. The third kappa shape index (κ3) is 2.97. The van der Waals surface area contributed by atoms with Crippen LogP contribution in [0, 0.1) is 6.92 Å². The monoisotopic (exact) mass is 528 g/mol. The average Bonchev–Trinajstić information content (AvgIpc) is 3.62. The second-order valence-electron chi connectivity index (χ2n) is 12.8. The molecule has 0 radical (unpaired) electrons. The second kappa shape index (κ2) is 7.45. The van der Waals surface area contributed by atoms with Crippen LogP contribution in [0.25, 0.3) is 21.9 Å². The molecule has 0 saturated carbocycles. The molecular weight excluding hydrogens is 499 g/mol. The van der Waals surface area contributed by atoms with Crippen LogP contribution < -0.4 is 20.4 Å². The van der Waals surface area contributed by atoms with Gasteiger partial charge >= 0.3 is 0 Å². The van der Waals surface area contributed by atoms with Gasteiger partial charge in [-0.15, -0.1) is 11.8 Å². The average molecular weight is 528 g/mol. The van der Waals surface area contributed by atoms with E-state index in [0.29, 0.717) is 0 Å². The fourth-order valence-electron chi connectivity index (χ4n) is 7.37. The lowest BCUT2D eigenvalue weighted by Crippen LogP contribution is -2.58. The summed E-state index contributed by atoms with van der Waals surface area (Å²) in [6, 6.07) is 20.4. The van der Waals surface area contributed by atoms with Crippen LogP contribution in [0.2, 0.25) is 0 Å². The fourth-order valence-corrected chi connectivity index (χ4v) is 8.87. The third-order valence-corrected chi connectivity index (χ3v) is 10.7. The van der Waals surface area contributed by atoms with Crippen LogP contribution >= 0.6 is 11.8 Å². The van der Waals surface area contributed by atoms with Crippen molar-refractivity contribution < 1.29 is 13.9 Å². The largest absolute Gasteiger partial charge is 0.486 e. The molecule has 5 heteroatoms. The number of rotatable bonds is 0. The molecule has 0 spiro atoms. The van der Waals surface area contributed by atoms with Crippen molar-refractivity contribution >= 4 is 51.3 Å². The summed E-state index contributed by atoms with van der Waals surface area (Å²) in [6.07, 6.45) is 3.44. The molecule has 4 aliphatic rings. The van der Waals surface area contributed by atoms with Crippen molar-refractivity contribution in [2.45, 2.75) is 68.5 Å². The Labute approximate surface area is 233 Å². The summed E-state index contributed by atoms with van der Waals surface area (Å²) in [7, 11) is 0. The molecule has 1 aromatic heterocycles. The van der Waals surface area contributed by atoms with Gasteiger partial charge < -0.3 is 13.9 Å². The van der Waals surface area contributed by atoms with E-state index in [4.69, 9.17) is 13.9 Å². The van der Waals surface area contributed by atoms with Crippen LogP contribution in [-0.4, -0.2) is 11.9 Å². The topological polar surface area (TPSA) is 31.6 Å². The molecule has 0 bridgehead atoms. The Balaban J connectivity index is 1.27. The molecule has 0 saturated heterocycles. The third-order valence-electron chi connectivity index (χ3n) is 9.30. The molecule has 39 heavy (non-hydrogen) atoms. The van der Waals surface area contributed by atoms with E-state index >= 15 is 0 Å². The molecule has 192 valence electrons. The van der Waals surface area contributed by atoms with E-state index in [2.05, 4.69) is 82.3 Å². The summed E-state index contributed by atoms with van der Waals surface area (Å²) in [4.78, 5) is 1.33. The van der Waals surface area contributed by atoms with Gasteiger partial charge in [0, 0.05) is 31.8 Å². The van der Waals surface area contributed by atoms with Gasteiger partial charge in [-0.1, -0.05) is 57.2 Å². The van der Waals surface area contributed by atoms with Gasteiger partial charge in [-0.25, -0.2) is 0 Å². The minimum Gasteiger partial charge on any atom is -0.486 e. The van der Waals surface area contributed by atoms with Crippen molar-refractivity contribution in [1.29, 1.82) is 0 Å². The highest BCUT2D eigenvalue weighted by atomic mass is 32.2. The predicted molar refractivity (Wildman–Crippen MR) is 160 cm³/mol. The summed E-state index contributed by atoms with van der Waals surface area (Å²) in [5.74, 6) is 2.75. The molecular formula is C34H29BO3S. The van der Waals surface area contributed by atoms with Crippen molar-refractivity contribution in [3.05, 3.63) is 82.4 Å². The molecule has 5 aromatic rings. The van der Waals surface area contributed by atoms with Gasteiger partial charge in [-0.2, -0.15) is 0 Å². The zero-order valence-electron chi connectivity index (χ0n) is 22.7. The van der Waals surface area contributed by atoms with Crippen LogP contribution in [0.3, 0.4) is 0 Å². The molecule has 9 rings (SSSR count). The van der Waals surface area contributed by atoms with Crippen LogP contribution in [0.1, 0.15) is 61.1 Å². The minimum absolute atomic E-state index is 0.0000365. The predicted octanol–water partition coefficient (Wildman–Crippen LogP) is 7.54. The summed E-state index contributed by atoms with van der Waals surface area (Å²) in [6.45, 7) is 9.13. The Morgan fingerprint density at radius 2 is 1.72 bits per heavy atom. The van der Waals surface area contributed by atoms with Gasteiger partial charge in [-0.05, 0) is 77.5 Å². The maximum Gasteiger partial charge on any atom is 0.242 e. The maximum absolute atomic E-state index is 6.85. The number of aryl methyl sites for hydroxylation is 3. The van der Waals surface area contributed by atoms with Gasteiger partial charge in [0.1, 0.15) is 23.2 Å². The molecule has 3 aliphatic heterocycles. The highest BCUT2D eigenvalue weighted by Crippen LogP contribution is 2.53. The van der Waals surface area contributed by atoms with Crippen LogP contribution in [-0.2, 0) is 18.3 Å². The summed E-state index contributed by atoms with van der Waals surface area (Å²) in [5, 5.41) is 2.59. The Hall–Kier alpha value is -3.31. The quantitative estimate of drug-likeness (QED) is 0.194. The van der Waals surface area contributed by atoms with Crippen molar-refractivity contribution in [3.8, 4) is 17.2 Å². The first-order chi connectivity index (χ1) is 18.8. The maximum atomic E-state index is 6.85. The SMILES string of the molecule is Cc1cc2c3c(c1)OC1c4cc(C(C)(C)C)ccc4SC1B3c1ccc3c(oc4c5c(ccc43)CCC5)c1O2. The molecule has 0 N–H and O–H groups in total. The van der Waals surface area contributed by atoms with Gasteiger partial charge in [0.25, 0.3) is 0 Å². The number of fused-ring (bicyclic) bond motifs is 12. The van der Waals surface area contributed by atoms with Crippen LogP contribution in [0.15, 0.2) is 63.9 Å². The van der Waals surface area contributed by atoms with E-state index < -0.39 is 0 Å². The highest BCUT2D eigenvalue weighted by Gasteiger charge is 2.52. The standard InChI is InChI=1S/C34H29BO3S/c1-17-14-25-28-26(15-17)37-32-24(12-11-22-21-10-8-18-6-5-7-20(18)29(21)38-30(22)32)35(28)33-31(36-25)23-16-19(34(2,3)4)9-13-27(23)39-33/h8-16,31,33H,5-7H2,1-4H3. The van der Waals surface area contributed by atoms with Gasteiger partial charge in [0.15, 0.2) is 11.3 Å². The molecule has 4 heterocycles. The molecule has 0 amide bonds. The second-order valence-corrected chi connectivity index (χ2v) is 14.0. The first-order valence-corrected chi connectivity index (χ1v) is 15.0. The van der Waals surface area contributed by atoms with Crippen molar-refractivity contribution in [2.24, 2.45) is 0 Å². The molecule has 2 atom stereocenters. The molecule has 2 unspecified atom stereocenters. The summed E-state index contributed by atoms with van der Waals surface area (Å²) < 4.78 is 20.4.